The molecule has 288 valence electrons. The summed E-state index contributed by atoms with van der Waals surface area (Å²) in [5, 5.41) is 14.2. The lowest BCUT2D eigenvalue weighted by atomic mass is 9.62. The highest BCUT2D eigenvalue weighted by Crippen LogP contribution is 2.58. The lowest BCUT2D eigenvalue weighted by molar-refractivity contribution is -0.144. The first-order valence-electron chi connectivity index (χ1n) is 19.4. The summed E-state index contributed by atoms with van der Waals surface area (Å²) < 4.78 is 36.5. The van der Waals surface area contributed by atoms with Gasteiger partial charge in [-0.15, -0.1) is 0 Å². The number of aryl methyl sites for hydroxylation is 2. The third-order valence-electron chi connectivity index (χ3n) is 13.8. The Morgan fingerprint density at radius 2 is 1.76 bits per heavy atom. The number of phenols is 1. The van der Waals surface area contributed by atoms with Gasteiger partial charge in [0.25, 0.3) is 0 Å². The number of carbonyl (C=O) groups is 3. The topological polar surface area (TPSA) is 155 Å². The third kappa shape index (κ3) is 5.11. The number of likely N-dealkylation sites (tertiary alicyclic amines) is 1. The highest BCUT2D eigenvalue weighted by atomic mass is 16.7. The molecule has 2 aliphatic carbocycles. The van der Waals surface area contributed by atoms with E-state index in [0.717, 1.165) is 49.0 Å². The van der Waals surface area contributed by atoms with E-state index in [1.807, 2.05) is 19.1 Å². The molecular weight excluding hydrogens is 706 g/mol. The van der Waals surface area contributed by atoms with Crippen LogP contribution in [0.5, 0.6) is 23.0 Å². The van der Waals surface area contributed by atoms with Crippen LogP contribution < -0.4 is 19.5 Å². The van der Waals surface area contributed by atoms with Crippen molar-refractivity contribution in [1.29, 1.82) is 0 Å². The Morgan fingerprint density at radius 3 is 2.56 bits per heavy atom. The van der Waals surface area contributed by atoms with E-state index in [1.165, 1.54) is 6.07 Å². The molecule has 13 nitrogen and oxygen atoms in total. The molecule has 0 unspecified atom stereocenters. The third-order valence-corrected chi connectivity index (χ3v) is 13.8. The van der Waals surface area contributed by atoms with Crippen LogP contribution in [-0.4, -0.2) is 89.8 Å². The summed E-state index contributed by atoms with van der Waals surface area (Å²) in [5.41, 5.74) is 3.23. The summed E-state index contributed by atoms with van der Waals surface area (Å²) in [6.45, 7) is 7.79. The molecule has 1 spiro atoms. The van der Waals surface area contributed by atoms with E-state index in [2.05, 4.69) is 22.2 Å². The fourth-order valence-corrected chi connectivity index (χ4v) is 11.1. The molecule has 6 heterocycles. The van der Waals surface area contributed by atoms with Crippen LogP contribution in [0.3, 0.4) is 0 Å². The summed E-state index contributed by atoms with van der Waals surface area (Å²) in [7, 11) is 2.09. The largest absolute Gasteiger partial charge is 0.504 e. The predicted octanol–water partition coefficient (Wildman–Crippen LogP) is 5.00. The van der Waals surface area contributed by atoms with Gasteiger partial charge >= 0.3 is 17.9 Å². The van der Waals surface area contributed by atoms with Crippen molar-refractivity contribution in [3.8, 4) is 23.0 Å². The van der Waals surface area contributed by atoms with Gasteiger partial charge < -0.3 is 43.7 Å². The number of nitrogens with one attached hydrogen (secondary N) is 1. The van der Waals surface area contributed by atoms with Crippen molar-refractivity contribution in [3.63, 3.8) is 0 Å². The van der Waals surface area contributed by atoms with Crippen molar-refractivity contribution in [2.45, 2.75) is 107 Å². The highest BCUT2D eigenvalue weighted by Gasteiger charge is 2.62. The zero-order chi connectivity index (χ0) is 38.0. The van der Waals surface area contributed by atoms with Gasteiger partial charge in [0.05, 0.1) is 28.1 Å². The Labute approximate surface area is 318 Å². The van der Waals surface area contributed by atoms with Crippen molar-refractivity contribution in [3.05, 3.63) is 75.1 Å². The second-order valence-electron chi connectivity index (χ2n) is 16.7. The number of ether oxygens (including phenoxy) is 6. The summed E-state index contributed by atoms with van der Waals surface area (Å²) in [4.78, 5) is 48.6. The van der Waals surface area contributed by atoms with E-state index in [9.17, 15) is 19.5 Å². The molecule has 2 N–H and O–H groups in total. The van der Waals surface area contributed by atoms with Gasteiger partial charge in [0, 0.05) is 35.9 Å². The highest BCUT2D eigenvalue weighted by molar-refractivity contribution is 5.97. The molecule has 55 heavy (non-hydrogen) atoms. The molecule has 5 aliphatic heterocycles. The molecule has 0 radical (unpaired) electrons. The first-order valence-corrected chi connectivity index (χ1v) is 19.4. The molecule has 7 aliphatic rings. The van der Waals surface area contributed by atoms with Gasteiger partial charge in [0.1, 0.15) is 18.3 Å². The predicted molar refractivity (Wildman–Crippen MR) is 195 cm³/mol. The number of esters is 3. The number of pyridine rings is 1. The lowest BCUT2D eigenvalue weighted by Gasteiger charge is -2.54. The van der Waals surface area contributed by atoms with E-state index < -0.39 is 35.7 Å². The van der Waals surface area contributed by atoms with Gasteiger partial charge in [0.15, 0.2) is 28.6 Å². The van der Waals surface area contributed by atoms with Crippen molar-refractivity contribution in [2.24, 2.45) is 5.92 Å². The van der Waals surface area contributed by atoms with Crippen LogP contribution in [0.25, 0.3) is 0 Å². The van der Waals surface area contributed by atoms with Crippen LogP contribution in [0.2, 0.25) is 0 Å². The van der Waals surface area contributed by atoms with Gasteiger partial charge in [-0.25, -0.2) is 14.4 Å². The Hall–Kier alpha value is -4.88. The SMILES string of the molecule is Cc1nc(C)c(C(=O)O[C@H]2C[C@H]3CCN(C)[C@H]3[C@@H]3c4cc5c(cc4C(=O)O[C@@]23C)OCO5)cc1C(=O)O[C@H]1CC[C@@]23CCNCc4ccc(O)c(c42)O[C@H]3C1. The van der Waals surface area contributed by atoms with Crippen molar-refractivity contribution >= 4 is 17.9 Å². The number of nitrogens with zero attached hydrogens (tertiary/aromatic N) is 2. The van der Waals surface area contributed by atoms with E-state index in [-0.39, 0.29) is 53.1 Å². The number of likely N-dealkylation sites (N-methyl/N-ethyl adjacent to an activating group) is 1. The molecule has 3 fully saturated rings. The first-order chi connectivity index (χ1) is 26.4. The maximum Gasteiger partial charge on any atom is 0.340 e. The normalized spacial score (nSPS) is 32.5. The molecule has 0 bridgehead atoms. The smallest absolute Gasteiger partial charge is 0.340 e. The second-order valence-corrected chi connectivity index (χ2v) is 16.7. The number of benzene rings is 2. The summed E-state index contributed by atoms with van der Waals surface area (Å²) in [6, 6.07) is 8.82. The Bertz CT molecular complexity index is 2170. The van der Waals surface area contributed by atoms with Gasteiger partial charge in [-0.05, 0) is 114 Å². The minimum Gasteiger partial charge on any atom is -0.504 e. The Morgan fingerprint density at radius 1 is 1.00 bits per heavy atom. The van der Waals surface area contributed by atoms with E-state index in [0.29, 0.717) is 60.0 Å². The zero-order valence-corrected chi connectivity index (χ0v) is 31.4. The fourth-order valence-electron chi connectivity index (χ4n) is 11.1. The first kappa shape index (κ1) is 34.6. The molecule has 2 saturated carbocycles. The van der Waals surface area contributed by atoms with Crippen molar-refractivity contribution < 1.29 is 47.9 Å². The van der Waals surface area contributed by atoms with Gasteiger partial charge in [0.2, 0.25) is 6.79 Å². The lowest BCUT2D eigenvalue weighted by Crippen LogP contribution is -2.62. The average Bonchev–Trinajstić information content (AvgIpc) is 3.82. The molecule has 1 aromatic heterocycles. The minimum atomic E-state index is -1.17. The van der Waals surface area contributed by atoms with E-state index in [1.54, 1.807) is 26.0 Å². The summed E-state index contributed by atoms with van der Waals surface area (Å²) >= 11 is 0. The van der Waals surface area contributed by atoms with Crippen LogP contribution in [0.15, 0.2) is 30.3 Å². The summed E-state index contributed by atoms with van der Waals surface area (Å²) in [6.07, 6.45) is 2.73. The number of rotatable bonds is 4. The zero-order valence-electron chi connectivity index (χ0n) is 31.4. The fraction of sp³-hybridized carbons (Fsp3) is 0.524. The minimum absolute atomic E-state index is 0.0572. The standard InChI is InChI=1S/C42H45N3O10/c1-20-25(38(47)52-24-7-9-42-10-11-43-18-23-5-6-29(46)37(34(23)42)53-33(42)14-24)15-26(21(2)44-20)39(48)54-32-13-22-8-12-45(4)36(22)35-27-16-30-31(51-19-50-30)17-28(27)40(49)55-41(32,35)3/h5-6,15-17,22,24,32-33,35-36,43,46H,7-14,18-19H2,1-4H3/t22-,24+,32+,33+,35+,36-,41+,42+/m1/s1. The maximum atomic E-state index is 14.2. The molecule has 2 aromatic carbocycles. The van der Waals surface area contributed by atoms with Crippen LogP contribution in [-0.2, 0) is 26.2 Å². The quantitative estimate of drug-likeness (QED) is 0.272. The van der Waals surface area contributed by atoms with Gasteiger partial charge in [-0.3, -0.25) is 4.98 Å². The molecule has 13 heteroatoms. The number of aromatic hydroxyl groups is 1. The van der Waals surface area contributed by atoms with Crippen LogP contribution in [0.1, 0.15) is 111 Å². The maximum absolute atomic E-state index is 14.2. The van der Waals surface area contributed by atoms with Crippen LogP contribution in [0.4, 0.5) is 0 Å². The molecule has 10 rings (SSSR count). The number of carbonyl (C=O) groups excluding carboxylic acids is 3. The second kappa shape index (κ2) is 12.3. The monoisotopic (exact) mass is 751 g/mol. The van der Waals surface area contributed by atoms with Crippen LogP contribution >= 0.6 is 0 Å². The Balaban J connectivity index is 0.900. The molecule has 1 saturated heterocycles. The van der Waals surface area contributed by atoms with Gasteiger partial charge in [-0.2, -0.15) is 0 Å². The Kier molecular flexibility index (Phi) is 7.74. The van der Waals surface area contributed by atoms with Crippen molar-refractivity contribution in [2.75, 3.05) is 26.9 Å². The van der Waals surface area contributed by atoms with E-state index >= 15 is 0 Å². The molecule has 8 atom stereocenters. The molecular formula is C42H45N3O10. The number of hydrogen-bond donors (Lipinski definition) is 2. The number of phenolic OH excluding ortho intramolecular Hbond substituents is 1. The number of hydrogen-bond acceptors (Lipinski definition) is 13. The number of fused-ring (bicyclic) bond motifs is 6. The van der Waals surface area contributed by atoms with E-state index in [4.69, 9.17) is 28.4 Å². The van der Waals surface area contributed by atoms with Gasteiger partial charge in [-0.1, -0.05) is 6.07 Å². The summed E-state index contributed by atoms with van der Waals surface area (Å²) in [5.74, 6) is -0.0469. The molecule has 0 amide bonds. The molecule has 3 aromatic rings. The average molecular weight is 752 g/mol. The van der Waals surface area contributed by atoms with Crippen molar-refractivity contribution in [1.82, 2.24) is 15.2 Å². The van der Waals surface area contributed by atoms with Crippen LogP contribution in [0, 0.1) is 19.8 Å². The number of aromatic nitrogens is 1.